The highest BCUT2D eigenvalue weighted by atomic mass is 15.1. The molecule has 0 rings (SSSR count). The van der Waals surface area contributed by atoms with Gasteiger partial charge in [0.05, 0.1) is 12.1 Å². The molecular formula is C22H41N3. The maximum atomic E-state index is 8.69. The van der Waals surface area contributed by atoms with E-state index in [9.17, 15) is 0 Å². The molecule has 144 valence electrons. The molecule has 25 heavy (non-hydrogen) atoms. The highest BCUT2D eigenvalue weighted by Crippen LogP contribution is 2.13. The van der Waals surface area contributed by atoms with Gasteiger partial charge in [0.25, 0.3) is 0 Å². The fourth-order valence-electron chi connectivity index (χ4n) is 3.28. The number of hydrogen-bond acceptors (Lipinski definition) is 3. The lowest BCUT2D eigenvalue weighted by Crippen LogP contribution is -2.26. The minimum absolute atomic E-state index is 0.573. The van der Waals surface area contributed by atoms with Crippen LogP contribution in [0.25, 0.3) is 0 Å². The first-order chi connectivity index (χ1) is 12.3. The van der Waals surface area contributed by atoms with E-state index in [0.717, 1.165) is 19.6 Å². The Bertz CT molecular complexity index is 322. The van der Waals surface area contributed by atoms with Crippen molar-refractivity contribution in [2.75, 3.05) is 19.6 Å². The van der Waals surface area contributed by atoms with Crippen molar-refractivity contribution in [3.63, 3.8) is 0 Å². The van der Waals surface area contributed by atoms with E-state index < -0.39 is 0 Å². The Morgan fingerprint density at radius 1 is 0.520 bits per heavy atom. The van der Waals surface area contributed by atoms with Crippen LogP contribution in [-0.4, -0.2) is 24.5 Å². The molecule has 0 N–H and O–H groups in total. The summed E-state index contributed by atoms with van der Waals surface area (Å²) >= 11 is 0. The van der Waals surface area contributed by atoms with E-state index in [0.29, 0.717) is 12.8 Å². The van der Waals surface area contributed by atoms with Gasteiger partial charge in [-0.15, -0.1) is 0 Å². The predicted molar refractivity (Wildman–Crippen MR) is 107 cm³/mol. The monoisotopic (exact) mass is 347 g/mol. The van der Waals surface area contributed by atoms with Crippen molar-refractivity contribution in [1.82, 2.24) is 4.90 Å². The van der Waals surface area contributed by atoms with Gasteiger partial charge in [-0.1, -0.05) is 90.4 Å². The number of unbranched alkanes of at least 4 members (excludes halogenated alkanes) is 13. The van der Waals surface area contributed by atoms with Crippen LogP contribution in [0.2, 0.25) is 0 Å². The quantitative estimate of drug-likeness (QED) is 0.247. The first kappa shape index (κ1) is 23.9. The third kappa shape index (κ3) is 19.1. The number of nitriles is 2. The predicted octanol–water partition coefficient (Wildman–Crippen LogP) is 6.60. The summed E-state index contributed by atoms with van der Waals surface area (Å²) in [5.74, 6) is 0. The van der Waals surface area contributed by atoms with Crippen molar-refractivity contribution in [3.8, 4) is 12.1 Å². The van der Waals surface area contributed by atoms with Crippen molar-refractivity contribution in [2.45, 2.75) is 110 Å². The summed E-state index contributed by atoms with van der Waals surface area (Å²) in [6, 6.07) is 4.40. The molecule has 0 unspecified atom stereocenters. The Morgan fingerprint density at radius 2 is 0.880 bits per heavy atom. The summed E-state index contributed by atoms with van der Waals surface area (Å²) in [7, 11) is 0. The van der Waals surface area contributed by atoms with Gasteiger partial charge in [-0.3, -0.25) is 0 Å². The van der Waals surface area contributed by atoms with Gasteiger partial charge in [-0.05, 0) is 13.0 Å². The Morgan fingerprint density at radius 3 is 1.24 bits per heavy atom. The van der Waals surface area contributed by atoms with Crippen LogP contribution in [0.5, 0.6) is 0 Å². The van der Waals surface area contributed by atoms with E-state index in [-0.39, 0.29) is 0 Å². The molecule has 0 bridgehead atoms. The van der Waals surface area contributed by atoms with Crippen LogP contribution in [0.1, 0.15) is 110 Å². The summed E-state index contributed by atoms with van der Waals surface area (Å²) < 4.78 is 0. The minimum atomic E-state index is 0.573. The molecule has 0 radical (unpaired) electrons. The number of rotatable bonds is 19. The highest BCUT2D eigenvalue weighted by Gasteiger charge is 2.03. The number of hydrogen-bond donors (Lipinski definition) is 0. The minimum Gasteiger partial charge on any atom is -0.301 e. The molecule has 0 aliphatic rings. The van der Waals surface area contributed by atoms with E-state index in [2.05, 4.69) is 24.0 Å². The Hall–Kier alpha value is -1.06. The van der Waals surface area contributed by atoms with Crippen molar-refractivity contribution >= 4 is 0 Å². The second-order valence-corrected chi connectivity index (χ2v) is 7.25. The molecule has 3 heteroatoms. The summed E-state index contributed by atoms with van der Waals surface area (Å²) in [4.78, 5) is 2.27. The lowest BCUT2D eigenvalue weighted by atomic mass is 10.0. The average molecular weight is 348 g/mol. The van der Waals surface area contributed by atoms with Gasteiger partial charge >= 0.3 is 0 Å². The lowest BCUT2D eigenvalue weighted by Gasteiger charge is -2.19. The zero-order valence-corrected chi connectivity index (χ0v) is 16.8. The third-order valence-electron chi connectivity index (χ3n) is 4.91. The van der Waals surface area contributed by atoms with Crippen molar-refractivity contribution in [2.24, 2.45) is 0 Å². The van der Waals surface area contributed by atoms with E-state index in [1.165, 1.54) is 89.9 Å². The average Bonchev–Trinajstić information content (AvgIpc) is 2.63. The van der Waals surface area contributed by atoms with Gasteiger partial charge in [-0.25, -0.2) is 0 Å². The maximum Gasteiger partial charge on any atom is 0.0635 e. The highest BCUT2D eigenvalue weighted by molar-refractivity contribution is 4.76. The van der Waals surface area contributed by atoms with Gasteiger partial charge in [0.15, 0.2) is 0 Å². The smallest absolute Gasteiger partial charge is 0.0635 e. The molecule has 0 aromatic carbocycles. The zero-order chi connectivity index (χ0) is 18.4. The van der Waals surface area contributed by atoms with Crippen molar-refractivity contribution in [1.29, 1.82) is 10.5 Å². The topological polar surface area (TPSA) is 50.8 Å². The lowest BCUT2D eigenvalue weighted by molar-refractivity contribution is 0.278. The van der Waals surface area contributed by atoms with Crippen LogP contribution in [0.15, 0.2) is 0 Å². The van der Waals surface area contributed by atoms with Crippen LogP contribution >= 0.6 is 0 Å². The van der Waals surface area contributed by atoms with E-state index >= 15 is 0 Å². The van der Waals surface area contributed by atoms with Gasteiger partial charge in [0.2, 0.25) is 0 Å². The molecule has 3 nitrogen and oxygen atoms in total. The van der Waals surface area contributed by atoms with Gasteiger partial charge < -0.3 is 4.90 Å². The zero-order valence-electron chi connectivity index (χ0n) is 16.8. The molecule has 0 saturated carbocycles. The fourth-order valence-corrected chi connectivity index (χ4v) is 3.28. The molecule has 0 aliphatic carbocycles. The second-order valence-electron chi connectivity index (χ2n) is 7.25. The van der Waals surface area contributed by atoms with Gasteiger partial charge in [-0.2, -0.15) is 10.5 Å². The van der Waals surface area contributed by atoms with Crippen LogP contribution in [0.3, 0.4) is 0 Å². The molecular weight excluding hydrogens is 306 g/mol. The maximum absolute atomic E-state index is 8.69. The first-order valence-corrected chi connectivity index (χ1v) is 10.8. The van der Waals surface area contributed by atoms with Gasteiger partial charge in [0.1, 0.15) is 0 Å². The summed E-state index contributed by atoms with van der Waals surface area (Å²) in [6.45, 7) is 4.95. The molecule has 0 amide bonds. The summed E-state index contributed by atoms with van der Waals surface area (Å²) in [5.41, 5.74) is 0. The molecule has 0 fully saturated rings. The third-order valence-corrected chi connectivity index (χ3v) is 4.91. The second kappa shape index (κ2) is 21.0. The van der Waals surface area contributed by atoms with Crippen LogP contribution in [-0.2, 0) is 0 Å². The van der Waals surface area contributed by atoms with Crippen LogP contribution in [0, 0.1) is 22.7 Å². The molecule has 0 spiro atoms. The van der Waals surface area contributed by atoms with E-state index in [1.54, 1.807) is 0 Å². The molecule has 0 aromatic heterocycles. The standard InChI is InChI=1S/C22H41N3/c1-2-3-4-5-6-7-8-9-10-11-12-13-14-15-20-25(21-16-18-23)22-17-19-24/h2-17,20-22H2,1H3. The van der Waals surface area contributed by atoms with Crippen LogP contribution < -0.4 is 0 Å². The molecule has 0 saturated heterocycles. The van der Waals surface area contributed by atoms with E-state index in [1.807, 2.05) is 0 Å². The first-order valence-electron chi connectivity index (χ1n) is 10.8. The number of nitrogens with zero attached hydrogens (tertiary/aromatic N) is 3. The Kier molecular flexibility index (Phi) is 20.1. The summed E-state index contributed by atoms with van der Waals surface area (Å²) in [5, 5.41) is 17.4. The largest absolute Gasteiger partial charge is 0.301 e. The van der Waals surface area contributed by atoms with Crippen molar-refractivity contribution in [3.05, 3.63) is 0 Å². The molecule has 0 atom stereocenters. The SMILES string of the molecule is CCCCCCCCCCCCCCCCN(CCC#N)CCC#N. The Balaban J connectivity index is 3.31. The molecule has 0 heterocycles. The van der Waals surface area contributed by atoms with Crippen molar-refractivity contribution < 1.29 is 0 Å². The summed E-state index contributed by atoms with van der Waals surface area (Å²) in [6.07, 6.45) is 20.5. The van der Waals surface area contributed by atoms with Gasteiger partial charge in [0, 0.05) is 25.9 Å². The normalized spacial score (nSPS) is 10.7. The van der Waals surface area contributed by atoms with E-state index in [4.69, 9.17) is 10.5 Å². The fraction of sp³-hybridized carbons (Fsp3) is 0.909. The molecule has 0 aliphatic heterocycles. The molecule has 0 aromatic rings. The Labute approximate surface area is 157 Å². The van der Waals surface area contributed by atoms with Crippen LogP contribution in [0.4, 0.5) is 0 Å².